The molecule has 1 unspecified atom stereocenters. The van der Waals surface area contributed by atoms with Crippen molar-refractivity contribution in [2.75, 3.05) is 11.9 Å². The lowest BCUT2D eigenvalue weighted by Gasteiger charge is -2.18. The van der Waals surface area contributed by atoms with Crippen LogP contribution in [-0.4, -0.2) is 29.6 Å². The molecule has 0 aromatic heterocycles. The second kappa shape index (κ2) is 7.74. The summed E-state index contributed by atoms with van der Waals surface area (Å²) in [6, 6.07) is 12.7. The molecule has 2 amide bonds. The van der Waals surface area contributed by atoms with E-state index >= 15 is 0 Å². The van der Waals surface area contributed by atoms with Crippen LogP contribution in [0.2, 0.25) is 0 Å². The predicted molar refractivity (Wildman–Crippen MR) is 91.0 cm³/mol. The van der Waals surface area contributed by atoms with Gasteiger partial charge in [0.05, 0.1) is 12.6 Å². The number of benzene rings is 2. The Hall–Kier alpha value is -2.40. The summed E-state index contributed by atoms with van der Waals surface area (Å²) >= 11 is 0. The molecule has 0 saturated heterocycles. The summed E-state index contributed by atoms with van der Waals surface area (Å²) in [6.45, 7) is 3.79. The van der Waals surface area contributed by atoms with E-state index in [1.165, 1.54) is 0 Å². The van der Waals surface area contributed by atoms with Crippen LogP contribution >= 0.6 is 0 Å². The van der Waals surface area contributed by atoms with E-state index in [9.17, 15) is 14.7 Å². The quantitative estimate of drug-likeness (QED) is 0.741. The second-order valence-corrected chi connectivity index (χ2v) is 5.96. The summed E-state index contributed by atoms with van der Waals surface area (Å²) < 4.78 is 0. The van der Waals surface area contributed by atoms with Gasteiger partial charge in [0.15, 0.2) is 0 Å². The summed E-state index contributed by atoms with van der Waals surface area (Å²) in [7, 11) is 0. The number of hydrogen-bond acceptors (Lipinski definition) is 3. The minimum atomic E-state index is -0.738. The fraction of sp³-hybridized carbons (Fsp3) is 0.333. The van der Waals surface area contributed by atoms with Gasteiger partial charge in [-0.25, -0.2) is 0 Å². The molecule has 0 aliphatic carbocycles. The first kappa shape index (κ1) is 17.0. The summed E-state index contributed by atoms with van der Waals surface area (Å²) in [5, 5.41) is 16.3. The van der Waals surface area contributed by atoms with Crippen LogP contribution < -0.4 is 10.6 Å². The number of aliphatic hydroxyl groups is 1. The van der Waals surface area contributed by atoms with Crippen molar-refractivity contribution in [1.29, 1.82) is 0 Å². The van der Waals surface area contributed by atoms with E-state index in [1.54, 1.807) is 6.07 Å². The van der Waals surface area contributed by atoms with E-state index in [4.69, 9.17) is 0 Å². The highest BCUT2D eigenvalue weighted by atomic mass is 16.3. The van der Waals surface area contributed by atoms with Gasteiger partial charge < -0.3 is 15.7 Å². The van der Waals surface area contributed by atoms with Crippen molar-refractivity contribution in [3.8, 4) is 0 Å². The number of aliphatic hydroxyl groups excluding tert-OH is 1. The number of fused-ring (bicyclic) bond motifs is 1. The lowest BCUT2D eigenvalue weighted by molar-refractivity contribution is -0.136. The average Bonchev–Trinajstić information content (AvgIpc) is 2.54. The minimum absolute atomic E-state index is 0.189. The second-order valence-electron chi connectivity index (χ2n) is 5.96. The monoisotopic (exact) mass is 314 g/mol. The third-order valence-corrected chi connectivity index (χ3v) is 3.56. The van der Waals surface area contributed by atoms with Crippen molar-refractivity contribution in [3.63, 3.8) is 0 Å². The van der Waals surface area contributed by atoms with Crippen LogP contribution in [0.4, 0.5) is 5.69 Å². The van der Waals surface area contributed by atoms with Crippen LogP contribution in [0.5, 0.6) is 0 Å². The Bertz CT molecular complexity index is 692. The molecule has 0 aliphatic rings. The molecule has 5 heteroatoms. The molecule has 5 nitrogen and oxygen atoms in total. The molecule has 122 valence electrons. The van der Waals surface area contributed by atoms with Gasteiger partial charge in [-0.05, 0) is 23.8 Å². The van der Waals surface area contributed by atoms with Crippen LogP contribution in [0.15, 0.2) is 42.5 Å². The van der Waals surface area contributed by atoms with Gasteiger partial charge in [0.1, 0.15) is 0 Å². The lowest BCUT2D eigenvalue weighted by Crippen LogP contribution is -2.44. The molecule has 1 atom stereocenters. The van der Waals surface area contributed by atoms with E-state index in [2.05, 4.69) is 10.6 Å². The van der Waals surface area contributed by atoms with Gasteiger partial charge in [-0.3, -0.25) is 9.59 Å². The minimum Gasteiger partial charge on any atom is -0.394 e. The number of carbonyl (C=O) groups is 2. The van der Waals surface area contributed by atoms with Crippen LogP contribution in [0.1, 0.15) is 20.3 Å². The molecule has 0 bridgehead atoms. The van der Waals surface area contributed by atoms with Gasteiger partial charge in [-0.2, -0.15) is 0 Å². The predicted octanol–water partition coefficient (Wildman–Crippen LogP) is 2.30. The molecule has 0 saturated carbocycles. The number of carbonyl (C=O) groups excluding carboxylic acids is 2. The first-order chi connectivity index (χ1) is 11.0. The maximum absolute atomic E-state index is 12.1. The zero-order chi connectivity index (χ0) is 16.8. The maximum atomic E-state index is 12.1. The molecule has 2 aromatic rings. The van der Waals surface area contributed by atoms with Crippen LogP contribution in [0, 0.1) is 5.92 Å². The number of nitrogens with one attached hydrogen (secondary N) is 2. The summed E-state index contributed by atoms with van der Waals surface area (Å²) in [5.41, 5.74) is 0.590. The third kappa shape index (κ3) is 4.53. The van der Waals surface area contributed by atoms with Crippen LogP contribution in [0.25, 0.3) is 10.8 Å². The molecular weight excluding hydrogens is 292 g/mol. The number of amides is 2. The zero-order valence-electron chi connectivity index (χ0n) is 13.4. The highest BCUT2D eigenvalue weighted by Gasteiger charge is 2.19. The van der Waals surface area contributed by atoms with E-state index in [-0.39, 0.29) is 6.61 Å². The van der Waals surface area contributed by atoms with E-state index in [0.29, 0.717) is 18.0 Å². The van der Waals surface area contributed by atoms with E-state index < -0.39 is 17.9 Å². The third-order valence-electron chi connectivity index (χ3n) is 3.56. The highest BCUT2D eigenvalue weighted by Crippen LogP contribution is 2.22. The SMILES string of the molecule is CC(C)CC(CO)NC(=O)C(=O)Nc1cccc2ccccc12. The Kier molecular flexibility index (Phi) is 5.71. The first-order valence-corrected chi connectivity index (χ1v) is 7.71. The van der Waals surface area contributed by atoms with Gasteiger partial charge in [0.2, 0.25) is 0 Å². The topological polar surface area (TPSA) is 78.4 Å². The van der Waals surface area contributed by atoms with Gasteiger partial charge >= 0.3 is 11.8 Å². The molecular formula is C18H22N2O3. The Morgan fingerprint density at radius 3 is 2.43 bits per heavy atom. The summed E-state index contributed by atoms with van der Waals surface area (Å²) in [4.78, 5) is 24.1. The fourth-order valence-electron chi connectivity index (χ4n) is 2.51. The Labute approximate surface area is 135 Å². The van der Waals surface area contributed by atoms with Crippen LogP contribution in [-0.2, 0) is 9.59 Å². The first-order valence-electron chi connectivity index (χ1n) is 7.71. The zero-order valence-corrected chi connectivity index (χ0v) is 13.4. The Morgan fingerprint density at radius 1 is 1.04 bits per heavy atom. The molecule has 2 aromatic carbocycles. The van der Waals surface area contributed by atoms with E-state index in [1.807, 2.05) is 50.2 Å². The molecule has 0 aliphatic heterocycles. The van der Waals surface area contributed by atoms with Crippen molar-refractivity contribution < 1.29 is 14.7 Å². The van der Waals surface area contributed by atoms with Crippen LogP contribution in [0.3, 0.4) is 0 Å². The molecule has 23 heavy (non-hydrogen) atoms. The van der Waals surface area contributed by atoms with Crippen molar-refractivity contribution in [3.05, 3.63) is 42.5 Å². The molecule has 3 N–H and O–H groups in total. The molecule has 0 heterocycles. The fourth-order valence-corrected chi connectivity index (χ4v) is 2.51. The normalized spacial score (nSPS) is 12.2. The molecule has 0 fully saturated rings. The van der Waals surface area contributed by atoms with Gasteiger partial charge in [-0.1, -0.05) is 50.2 Å². The Balaban J connectivity index is 2.07. The molecule has 0 spiro atoms. The summed E-state index contributed by atoms with van der Waals surface area (Å²) in [5.74, 6) is -1.16. The van der Waals surface area contributed by atoms with Crippen molar-refractivity contribution in [1.82, 2.24) is 5.32 Å². The smallest absolute Gasteiger partial charge is 0.313 e. The van der Waals surface area contributed by atoms with Crippen molar-refractivity contribution in [2.24, 2.45) is 5.92 Å². The van der Waals surface area contributed by atoms with Crippen molar-refractivity contribution >= 4 is 28.3 Å². The van der Waals surface area contributed by atoms with Crippen molar-refractivity contribution in [2.45, 2.75) is 26.3 Å². The number of hydrogen-bond donors (Lipinski definition) is 3. The highest BCUT2D eigenvalue weighted by molar-refractivity contribution is 6.40. The van der Waals surface area contributed by atoms with E-state index in [0.717, 1.165) is 10.8 Å². The van der Waals surface area contributed by atoms with Gasteiger partial charge in [0.25, 0.3) is 0 Å². The Morgan fingerprint density at radius 2 is 1.74 bits per heavy atom. The maximum Gasteiger partial charge on any atom is 0.313 e. The standard InChI is InChI=1S/C18H22N2O3/c1-12(2)10-14(11-21)19-17(22)18(23)20-16-9-5-7-13-6-3-4-8-15(13)16/h3-9,12,14,21H,10-11H2,1-2H3,(H,19,22)(H,20,23). The van der Waals surface area contributed by atoms with Gasteiger partial charge in [-0.15, -0.1) is 0 Å². The van der Waals surface area contributed by atoms with Gasteiger partial charge in [0, 0.05) is 11.1 Å². The number of rotatable bonds is 5. The molecule has 2 rings (SSSR count). The average molecular weight is 314 g/mol. The lowest BCUT2D eigenvalue weighted by atomic mass is 10.0. The largest absolute Gasteiger partial charge is 0.394 e. The molecule has 0 radical (unpaired) electrons. The summed E-state index contributed by atoms with van der Waals surface area (Å²) in [6.07, 6.45) is 0.615. The number of anilines is 1.